The normalized spacial score (nSPS) is 34.6. The van der Waals surface area contributed by atoms with E-state index in [1.54, 1.807) is 0 Å². The highest BCUT2D eigenvalue weighted by Crippen LogP contribution is 2.31. The molecule has 11 nitrogen and oxygen atoms in total. The summed E-state index contributed by atoms with van der Waals surface area (Å²) >= 11 is 0. The highest BCUT2D eigenvalue weighted by Gasteiger charge is 2.58. The molecule has 1 aliphatic heterocycles. The van der Waals surface area contributed by atoms with Crippen LogP contribution in [-0.2, 0) is 14.4 Å². The molecule has 1 rings (SSSR count). The molecule has 0 aromatic heterocycles. The molecule has 1 aliphatic rings. The second-order valence-corrected chi connectivity index (χ2v) is 5.00. The molecule has 0 aromatic rings. The largest absolute Gasteiger partial charge is 0.588 e. The van der Waals surface area contributed by atoms with E-state index in [0.717, 1.165) is 6.92 Å². The number of carbonyl (C=O) groups excluding carboxylic acids is 2. The van der Waals surface area contributed by atoms with Gasteiger partial charge in [-0.3, -0.25) is 4.79 Å². The summed E-state index contributed by atoms with van der Waals surface area (Å²) in [4.78, 5) is 23.9. The lowest BCUT2D eigenvalue weighted by Crippen LogP contribution is -2.67. The molecule has 0 bridgehead atoms. The van der Waals surface area contributed by atoms with Crippen LogP contribution in [0.1, 0.15) is 13.3 Å². The Kier molecular flexibility index (Phi) is 6.19. The number of carbonyl (C=O) groups is 1. The van der Waals surface area contributed by atoms with E-state index in [9.17, 15) is 30.0 Å². The van der Waals surface area contributed by atoms with Crippen molar-refractivity contribution < 1.29 is 50.0 Å². The first-order valence-electron chi connectivity index (χ1n) is 6.36. The lowest BCUT2D eigenvalue weighted by atomic mass is 9.88. The molecule has 1 amide bonds. The predicted molar refractivity (Wildman–Crippen MR) is 67.8 cm³/mol. The molecule has 0 spiro atoms. The van der Waals surface area contributed by atoms with Gasteiger partial charge in [0.2, 0.25) is 5.91 Å². The van der Waals surface area contributed by atoms with E-state index < -0.39 is 61.1 Å². The molecule has 0 aromatic carbocycles. The Hall–Kier alpha value is -1.34. The van der Waals surface area contributed by atoms with Gasteiger partial charge in [0.1, 0.15) is 18.3 Å². The van der Waals surface area contributed by atoms with Crippen molar-refractivity contribution in [3.8, 4) is 0 Å². The van der Waals surface area contributed by atoms with Crippen molar-refractivity contribution in [2.75, 3.05) is 6.61 Å². The molecule has 11 heteroatoms. The summed E-state index contributed by atoms with van der Waals surface area (Å²) in [5.74, 6) is -4.69. The minimum Gasteiger partial charge on any atom is -0.394 e. The second kappa shape index (κ2) is 7.28. The number of hydrogen-bond acceptors (Lipinski definition) is 9. The topological polar surface area (TPSA) is 190 Å². The monoisotopic (exact) mass is 326 g/mol. The van der Waals surface area contributed by atoms with Crippen LogP contribution < -0.4 is 5.32 Å². The smallest absolute Gasteiger partial charge is 0.394 e. The van der Waals surface area contributed by atoms with Crippen molar-refractivity contribution in [1.82, 2.24) is 5.32 Å². The molecule has 1 heterocycles. The summed E-state index contributed by atoms with van der Waals surface area (Å²) in [5, 5.41) is 58.9. The number of aliphatic hydroxyl groups excluding tert-OH is 4. The van der Waals surface area contributed by atoms with Crippen LogP contribution in [0.25, 0.3) is 0 Å². The number of rotatable bonds is 5. The van der Waals surface area contributed by atoms with Crippen LogP contribution >= 0.6 is 0 Å². The quantitative estimate of drug-likeness (QED) is 0.150. The van der Waals surface area contributed by atoms with Crippen LogP contribution in [-0.4, -0.2) is 90.3 Å². The first kappa shape index (κ1) is 18.7. The number of amides is 1. The third kappa shape index (κ3) is 3.89. The Morgan fingerprint density at radius 2 is 2.14 bits per heavy atom. The fourth-order valence-electron chi connectivity index (χ4n) is 2.21. The van der Waals surface area contributed by atoms with Gasteiger partial charge in [-0.2, -0.15) is 0 Å². The van der Waals surface area contributed by atoms with Crippen LogP contribution in [0.3, 0.4) is 0 Å². The summed E-state index contributed by atoms with van der Waals surface area (Å²) < 4.78 is 4.98. The van der Waals surface area contributed by atoms with E-state index in [0.29, 0.717) is 0 Å². The van der Waals surface area contributed by atoms with Gasteiger partial charge in [-0.1, -0.05) is 5.26 Å². The Morgan fingerprint density at radius 3 is 2.59 bits per heavy atom. The first-order chi connectivity index (χ1) is 10.2. The molecule has 0 saturated carbocycles. The van der Waals surface area contributed by atoms with Gasteiger partial charge in [0.15, 0.2) is 0 Å². The van der Waals surface area contributed by atoms with E-state index >= 15 is 0 Å². The lowest BCUT2D eigenvalue weighted by Gasteiger charge is -2.43. The number of ether oxygens (including phenoxy) is 1. The maximum Gasteiger partial charge on any atom is 0.588 e. The first-order valence-corrected chi connectivity index (χ1v) is 6.36. The van der Waals surface area contributed by atoms with Gasteiger partial charge in [0.05, 0.1) is 18.8 Å². The second-order valence-electron chi connectivity index (χ2n) is 5.00. The van der Waals surface area contributed by atoms with Crippen molar-refractivity contribution in [3.05, 3.63) is 0 Å². The molecule has 6 atom stereocenters. The predicted octanol–water partition coefficient (Wildman–Crippen LogP) is -3.96. The van der Waals surface area contributed by atoms with E-state index in [4.69, 9.17) is 15.1 Å². The highest BCUT2D eigenvalue weighted by atomic mass is 17.1. The molecule has 1 saturated heterocycles. The van der Waals surface area contributed by atoms with Gasteiger partial charge < -0.3 is 40.4 Å². The maximum atomic E-state index is 11.2. The molecular weight excluding hydrogens is 306 g/mol. The minimum atomic E-state index is -2.69. The number of nitrogens with one attached hydrogen (secondary N) is 1. The van der Waals surface area contributed by atoms with Gasteiger partial charge in [0, 0.05) is 13.3 Å². The zero-order valence-electron chi connectivity index (χ0n) is 11.7. The fourth-order valence-corrected chi connectivity index (χ4v) is 2.21. The average molecular weight is 326 g/mol. The van der Waals surface area contributed by atoms with Crippen LogP contribution in [0.5, 0.6) is 0 Å². The molecule has 8 N–H and O–H groups in total. The van der Waals surface area contributed by atoms with E-state index in [1.807, 2.05) is 0 Å². The standard InChI is InChI=1S/C11H19NO10/c1-4(14)12-7-5(15)2-11(19,10(18)22-20)21-9(7)8(17)6(16)3-13/h5-9,13,15-17,19-20H,2-3H2,1H3,(H,12,14)/p+1/t5-,6+,7+,8+,9+,11+/m0/s1. The average Bonchev–Trinajstić information content (AvgIpc) is 2.46. The van der Waals surface area contributed by atoms with Gasteiger partial charge in [-0.05, 0) is 0 Å². The molecule has 0 radical (unpaired) electrons. The molecule has 0 aliphatic carbocycles. The Labute approximate surface area is 124 Å². The van der Waals surface area contributed by atoms with Crippen molar-refractivity contribution in [1.29, 1.82) is 0 Å². The number of aliphatic hydroxyl groups is 5. The highest BCUT2D eigenvalue weighted by molar-refractivity contribution is 5.78. The Balaban J connectivity index is 3.09. The summed E-state index contributed by atoms with van der Waals surface area (Å²) in [6.07, 6.45) is -7.42. The van der Waals surface area contributed by atoms with Crippen molar-refractivity contribution >= 4 is 11.9 Å². The van der Waals surface area contributed by atoms with E-state index in [-0.39, 0.29) is 0 Å². The fraction of sp³-hybridized carbons (Fsp3) is 0.818. The van der Waals surface area contributed by atoms with Crippen molar-refractivity contribution in [2.45, 2.75) is 49.6 Å². The van der Waals surface area contributed by atoms with Crippen LogP contribution in [0.2, 0.25) is 0 Å². The van der Waals surface area contributed by atoms with Crippen LogP contribution in [0.15, 0.2) is 0 Å². The van der Waals surface area contributed by atoms with Gasteiger partial charge in [-0.25, -0.2) is 0 Å². The number of hydrogen-bond donors (Lipinski definition) is 7. The van der Waals surface area contributed by atoms with Gasteiger partial charge in [0.25, 0.3) is 0 Å². The SMILES string of the molecule is CC(=O)N[C@H]1[C@H]([C@H](O)[C@H](O)CO)O[C@@](O)(C(=[OH+])OO)C[C@@H]1O. The maximum absolute atomic E-state index is 11.2. The zero-order chi connectivity index (χ0) is 17.1. The summed E-state index contributed by atoms with van der Waals surface area (Å²) in [7, 11) is 0. The van der Waals surface area contributed by atoms with Crippen molar-refractivity contribution in [2.24, 2.45) is 0 Å². The minimum absolute atomic E-state index is 0.597. The molecule has 128 valence electrons. The molecule has 22 heavy (non-hydrogen) atoms. The third-order valence-corrected chi connectivity index (χ3v) is 3.29. The molecular formula is C11H20NO10+. The summed E-state index contributed by atoms with van der Waals surface area (Å²) in [6, 6.07) is -1.26. The van der Waals surface area contributed by atoms with Crippen LogP contribution in [0, 0.1) is 0 Å². The van der Waals surface area contributed by atoms with E-state index in [2.05, 4.69) is 10.2 Å². The van der Waals surface area contributed by atoms with Gasteiger partial charge in [-0.15, -0.1) is 4.89 Å². The summed E-state index contributed by atoms with van der Waals surface area (Å²) in [6.45, 7) is 0.258. The van der Waals surface area contributed by atoms with Crippen LogP contribution in [0.4, 0.5) is 0 Å². The Morgan fingerprint density at radius 1 is 1.55 bits per heavy atom. The third-order valence-electron chi connectivity index (χ3n) is 3.29. The van der Waals surface area contributed by atoms with Gasteiger partial charge >= 0.3 is 11.8 Å². The lowest BCUT2D eigenvalue weighted by molar-refractivity contribution is -0.293. The molecule has 0 unspecified atom stereocenters. The zero-order valence-corrected chi connectivity index (χ0v) is 11.7. The van der Waals surface area contributed by atoms with E-state index in [1.165, 1.54) is 0 Å². The molecule has 1 fully saturated rings. The Bertz CT molecular complexity index is 418. The summed E-state index contributed by atoms with van der Waals surface area (Å²) in [5.41, 5.74) is 0. The van der Waals surface area contributed by atoms with Crippen molar-refractivity contribution in [3.63, 3.8) is 0 Å².